The molecule has 2 aliphatic carbocycles. The number of pyridine rings is 1. The average Bonchev–Trinajstić information content (AvgIpc) is 3.48. The molecular weight excluding hydrogens is 402 g/mol. The number of imidazole rings is 1. The summed E-state index contributed by atoms with van der Waals surface area (Å²) in [6.45, 7) is 1.03. The predicted molar refractivity (Wildman–Crippen MR) is 121 cm³/mol. The molecular formula is C25H29N5O2. The Labute approximate surface area is 187 Å². The van der Waals surface area contributed by atoms with Gasteiger partial charge in [0.1, 0.15) is 5.82 Å². The first-order valence-corrected chi connectivity index (χ1v) is 11.4. The molecule has 0 aliphatic heterocycles. The average molecular weight is 432 g/mol. The second kappa shape index (κ2) is 9.22. The predicted octanol–water partition coefficient (Wildman–Crippen LogP) is 2.62. The van der Waals surface area contributed by atoms with Gasteiger partial charge in [0, 0.05) is 49.1 Å². The van der Waals surface area contributed by atoms with Crippen molar-refractivity contribution in [3.8, 4) is 0 Å². The van der Waals surface area contributed by atoms with Crippen molar-refractivity contribution in [2.75, 3.05) is 0 Å². The van der Waals surface area contributed by atoms with Crippen molar-refractivity contribution in [1.29, 1.82) is 0 Å². The topological polar surface area (TPSA) is 103 Å². The summed E-state index contributed by atoms with van der Waals surface area (Å²) in [6, 6.07) is 15.6. The summed E-state index contributed by atoms with van der Waals surface area (Å²) in [5.41, 5.74) is 2.87. The van der Waals surface area contributed by atoms with E-state index < -0.39 is 12.0 Å². The number of aliphatic hydroxyl groups excluding tert-OH is 1. The molecule has 2 saturated carbocycles. The van der Waals surface area contributed by atoms with Gasteiger partial charge < -0.3 is 20.7 Å². The lowest BCUT2D eigenvalue weighted by Crippen LogP contribution is -2.36. The fourth-order valence-corrected chi connectivity index (χ4v) is 4.66. The number of benzene rings is 1. The number of hydrogen-bond donors (Lipinski definition) is 4. The minimum Gasteiger partial charge on any atom is -0.392 e. The highest BCUT2D eigenvalue weighted by molar-refractivity contribution is 5.80. The number of hydrogen-bond acceptors (Lipinski definition) is 5. The smallest absolute Gasteiger partial charge is 0.226 e. The number of aliphatic hydroxyl groups is 1. The quantitative estimate of drug-likeness (QED) is 0.439. The first kappa shape index (κ1) is 20.8. The molecule has 0 bridgehead atoms. The molecule has 2 fully saturated rings. The number of nitrogens with zero attached hydrogens (tertiary/aromatic N) is 2. The summed E-state index contributed by atoms with van der Waals surface area (Å²) >= 11 is 0. The minimum atomic E-state index is -0.792. The molecule has 4 N–H and O–H groups in total. The normalized spacial score (nSPS) is 25.0. The summed E-state index contributed by atoms with van der Waals surface area (Å²) in [5, 5.41) is 17.8. The third kappa shape index (κ3) is 4.59. The van der Waals surface area contributed by atoms with Gasteiger partial charge in [-0.3, -0.25) is 9.78 Å². The Bertz CT molecular complexity index is 1030. The van der Waals surface area contributed by atoms with Crippen LogP contribution in [0.3, 0.4) is 0 Å². The van der Waals surface area contributed by atoms with E-state index in [1.165, 1.54) is 0 Å². The van der Waals surface area contributed by atoms with E-state index in [9.17, 15) is 9.90 Å². The lowest BCUT2D eigenvalue weighted by Gasteiger charge is -2.22. The Kier molecular flexibility index (Phi) is 6.01. The number of H-pyrrole nitrogens is 1. The van der Waals surface area contributed by atoms with E-state index in [0.717, 1.165) is 35.6 Å². The zero-order valence-corrected chi connectivity index (χ0v) is 17.9. The highest BCUT2D eigenvalue weighted by Gasteiger charge is 2.47. The molecule has 2 aromatic heterocycles. The van der Waals surface area contributed by atoms with E-state index in [-0.39, 0.29) is 17.9 Å². The zero-order valence-electron chi connectivity index (χ0n) is 17.9. The van der Waals surface area contributed by atoms with Gasteiger partial charge >= 0.3 is 0 Å². The lowest BCUT2D eigenvalue weighted by molar-refractivity contribution is -0.127. The Balaban J connectivity index is 1.31. The van der Waals surface area contributed by atoms with E-state index in [1.54, 1.807) is 6.20 Å². The van der Waals surface area contributed by atoms with Gasteiger partial charge in [0.2, 0.25) is 5.91 Å². The SMILES string of the molecule is O=C(NCc1ccccc1)[C@H]1C[C@@H](NCc2ccccn2)[C@H](c2cnc(C3CC3)[nH]2)[C@@H]1O. The monoisotopic (exact) mass is 431 g/mol. The van der Waals surface area contributed by atoms with Crippen LogP contribution in [0.1, 0.15) is 53.9 Å². The molecule has 1 amide bonds. The second-order valence-corrected chi connectivity index (χ2v) is 8.87. The molecule has 0 radical (unpaired) electrons. The van der Waals surface area contributed by atoms with Gasteiger partial charge in [0.25, 0.3) is 0 Å². The summed E-state index contributed by atoms with van der Waals surface area (Å²) in [6.07, 6.45) is 5.69. The van der Waals surface area contributed by atoms with Gasteiger partial charge in [0.15, 0.2) is 0 Å². The molecule has 7 heteroatoms. The van der Waals surface area contributed by atoms with Crippen molar-refractivity contribution in [2.24, 2.45) is 5.92 Å². The lowest BCUT2D eigenvalue weighted by atomic mass is 9.96. The van der Waals surface area contributed by atoms with Gasteiger partial charge in [0.05, 0.1) is 17.7 Å². The first-order chi connectivity index (χ1) is 15.7. The summed E-state index contributed by atoms with van der Waals surface area (Å²) in [5.74, 6) is 0.666. The largest absolute Gasteiger partial charge is 0.392 e. The highest BCUT2D eigenvalue weighted by atomic mass is 16.3. The van der Waals surface area contributed by atoms with Crippen LogP contribution in [0, 0.1) is 5.92 Å². The number of rotatable bonds is 8. The third-order valence-corrected chi connectivity index (χ3v) is 6.58. The van der Waals surface area contributed by atoms with Crippen LogP contribution in [0.25, 0.3) is 0 Å². The van der Waals surface area contributed by atoms with Gasteiger partial charge in [-0.25, -0.2) is 4.98 Å². The zero-order chi connectivity index (χ0) is 21.9. The number of nitrogens with one attached hydrogen (secondary N) is 3. The van der Waals surface area contributed by atoms with E-state index in [2.05, 4.69) is 25.6 Å². The van der Waals surface area contributed by atoms with Crippen LogP contribution in [-0.2, 0) is 17.9 Å². The molecule has 32 heavy (non-hydrogen) atoms. The summed E-state index contributed by atoms with van der Waals surface area (Å²) in [4.78, 5) is 25.4. The Morgan fingerprint density at radius 1 is 1.06 bits per heavy atom. The van der Waals surface area contributed by atoms with E-state index in [1.807, 2.05) is 54.7 Å². The van der Waals surface area contributed by atoms with Gasteiger partial charge in [-0.2, -0.15) is 0 Å². The standard InChI is InChI=1S/C25H29N5O2/c31-23-19(25(32)29-13-16-6-2-1-3-7-16)12-20(27-14-18-8-4-5-11-26-18)22(23)21-15-28-24(30-21)17-9-10-17/h1-8,11,15,17,19-20,22-23,27,31H,9-10,12-14H2,(H,28,30)(H,29,32)/t19-,20+,22+,23+/m0/s1. The molecule has 166 valence electrons. The van der Waals surface area contributed by atoms with Crippen LogP contribution in [-0.4, -0.2) is 38.1 Å². The minimum absolute atomic E-state index is 0.0630. The van der Waals surface area contributed by atoms with Gasteiger partial charge in [-0.05, 0) is 37.0 Å². The number of amides is 1. The van der Waals surface area contributed by atoms with E-state index in [4.69, 9.17) is 0 Å². The third-order valence-electron chi connectivity index (χ3n) is 6.58. The Hall–Kier alpha value is -3.03. The van der Waals surface area contributed by atoms with E-state index >= 15 is 0 Å². The van der Waals surface area contributed by atoms with Gasteiger partial charge in [-0.15, -0.1) is 0 Å². The second-order valence-electron chi connectivity index (χ2n) is 8.87. The molecule has 2 aliphatic rings. The van der Waals surface area contributed by atoms with Crippen LogP contribution in [0.5, 0.6) is 0 Å². The number of carbonyl (C=O) groups excluding carboxylic acids is 1. The first-order valence-electron chi connectivity index (χ1n) is 11.4. The molecule has 0 saturated heterocycles. The molecule has 0 unspecified atom stereocenters. The van der Waals surface area contributed by atoms with Crippen molar-refractivity contribution >= 4 is 5.91 Å². The molecule has 7 nitrogen and oxygen atoms in total. The maximum Gasteiger partial charge on any atom is 0.226 e. The van der Waals surface area contributed by atoms with Crippen molar-refractivity contribution in [1.82, 2.24) is 25.6 Å². The van der Waals surface area contributed by atoms with E-state index in [0.29, 0.717) is 25.4 Å². The highest BCUT2D eigenvalue weighted by Crippen LogP contribution is 2.42. The van der Waals surface area contributed by atoms with Crippen molar-refractivity contribution in [3.63, 3.8) is 0 Å². The molecule has 2 heterocycles. The van der Waals surface area contributed by atoms with Crippen LogP contribution in [0.2, 0.25) is 0 Å². The molecule has 4 atom stereocenters. The summed E-state index contributed by atoms with van der Waals surface area (Å²) in [7, 11) is 0. The number of carbonyl (C=O) groups is 1. The summed E-state index contributed by atoms with van der Waals surface area (Å²) < 4.78 is 0. The maximum absolute atomic E-state index is 13.0. The fourth-order valence-electron chi connectivity index (χ4n) is 4.66. The molecule has 5 rings (SSSR count). The van der Waals surface area contributed by atoms with Crippen molar-refractivity contribution in [2.45, 2.75) is 56.3 Å². The van der Waals surface area contributed by atoms with Crippen molar-refractivity contribution < 1.29 is 9.90 Å². The number of aromatic amines is 1. The maximum atomic E-state index is 13.0. The van der Waals surface area contributed by atoms with Crippen LogP contribution in [0.4, 0.5) is 0 Å². The van der Waals surface area contributed by atoms with Crippen LogP contribution in [0.15, 0.2) is 60.9 Å². The Morgan fingerprint density at radius 2 is 1.88 bits per heavy atom. The van der Waals surface area contributed by atoms with Gasteiger partial charge in [-0.1, -0.05) is 36.4 Å². The molecule has 0 spiro atoms. The fraction of sp³-hybridized carbons (Fsp3) is 0.400. The van der Waals surface area contributed by atoms with Crippen molar-refractivity contribution in [3.05, 3.63) is 83.7 Å². The van der Waals surface area contributed by atoms with Crippen LogP contribution >= 0.6 is 0 Å². The van der Waals surface area contributed by atoms with Crippen LogP contribution < -0.4 is 10.6 Å². The molecule has 1 aromatic carbocycles. The molecule has 3 aromatic rings. The Morgan fingerprint density at radius 3 is 2.62 bits per heavy atom. The number of aromatic nitrogens is 3.